The van der Waals surface area contributed by atoms with Gasteiger partial charge in [-0.15, -0.1) is 0 Å². The molecule has 0 aromatic heterocycles. The number of benzene rings is 1. The molecule has 1 nitrogen and oxygen atoms in total. The smallest absolute Gasteiger partial charge is 0.126 e. The van der Waals surface area contributed by atoms with Crippen LogP contribution in [0.2, 0.25) is 0 Å². The Morgan fingerprint density at radius 1 is 1.50 bits per heavy atom. The lowest BCUT2D eigenvalue weighted by atomic mass is 10.0. The molecule has 0 saturated heterocycles. The van der Waals surface area contributed by atoms with Crippen molar-refractivity contribution in [1.82, 2.24) is 0 Å². The monoisotopic (exact) mass is 167 g/mol. The third-order valence-corrected chi connectivity index (χ3v) is 2.05. The van der Waals surface area contributed by atoms with Crippen molar-refractivity contribution in [3.8, 4) is 0 Å². The number of halogens is 1. The van der Waals surface area contributed by atoms with Crippen LogP contribution in [0.25, 0.3) is 0 Å². The summed E-state index contributed by atoms with van der Waals surface area (Å²) in [6.45, 7) is 3.77. The highest BCUT2D eigenvalue weighted by molar-refractivity contribution is 5.26. The fourth-order valence-corrected chi connectivity index (χ4v) is 1.13. The van der Waals surface area contributed by atoms with Gasteiger partial charge in [-0.2, -0.15) is 0 Å². The van der Waals surface area contributed by atoms with Gasteiger partial charge < -0.3 is 5.73 Å². The Labute approximate surface area is 72.4 Å². The number of rotatable bonds is 2. The quantitative estimate of drug-likeness (QED) is 0.719. The SMILES string of the molecule is CC[C@@H](N)c1ccc(F)c(C)c1. The molecule has 2 heteroatoms. The van der Waals surface area contributed by atoms with Crippen molar-refractivity contribution in [3.05, 3.63) is 35.1 Å². The van der Waals surface area contributed by atoms with E-state index in [4.69, 9.17) is 5.73 Å². The van der Waals surface area contributed by atoms with Crippen molar-refractivity contribution < 1.29 is 4.39 Å². The van der Waals surface area contributed by atoms with Crippen LogP contribution in [-0.2, 0) is 0 Å². The Kier molecular flexibility index (Phi) is 2.82. The molecule has 1 rings (SSSR count). The van der Waals surface area contributed by atoms with Gasteiger partial charge in [0, 0.05) is 6.04 Å². The van der Waals surface area contributed by atoms with Crippen molar-refractivity contribution in [2.24, 2.45) is 5.73 Å². The topological polar surface area (TPSA) is 26.0 Å². The van der Waals surface area contributed by atoms with E-state index < -0.39 is 0 Å². The molecule has 0 heterocycles. The molecule has 2 N–H and O–H groups in total. The van der Waals surface area contributed by atoms with Crippen molar-refractivity contribution >= 4 is 0 Å². The number of hydrogen-bond acceptors (Lipinski definition) is 1. The van der Waals surface area contributed by atoms with E-state index >= 15 is 0 Å². The van der Waals surface area contributed by atoms with Gasteiger partial charge in [-0.3, -0.25) is 0 Å². The van der Waals surface area contributed by atoms with Gasteiger partial charge in [0.15, 0.2) is 0 Å². The van der Waals surface area contributed by atoms with Crippen LogP contribution in [0.5, 0.6) is 0 Å². The predicted molar refractivity (Wildman–Crippen MR) is 48.4 cm³/mol. The molecule has 0 unspecified atom stereocenters. The average Bonchev–Trinajstić information content (AvgIpc) is 2.08. The molecule has 0 fully saturated rings. The fourth-order valence-electron chi connectivity index (χ4n) is 1.13. The summed E-state index contributed by atoms with van der Waals surface area (Å²) in [4.78, 5) is 0. The normalized spacial score (nSPS) is 13.0. The third kappa shape index (κ3) is 1.83. The van der Waals surface area contributed by atoms with Crippen LogP contribution >= 0.6 is 0 Å². The van der Waals surface area contributed by atoms with E-state index in [0.717, 1.165) is 12.0 Å². The zero-order valence-electron chi connectivity index (χ0n) is 7.47. The molecule has 0 aliphatic rings. The molecule has 0 spiro atoms. The van der Waals surface area contributed by atoms with E-state index in [0.29, 0.717) is 5.56 Å². The summed E-state index contributed by atoms with van der Waals surface area (Å²) >= 11 is 0. The van der Waals surface area contributed by atoms with E-state index in [1.54, 1.807) is 13.0 Å². The molecule has 0 saturated carbocycles. The van der Waals surface area contributed by atoms with E-state index in [1.807, 2.05) is 13.0 Å². The number of aryl methyl sites for hydroxylation is 1. The van der Waals surface area contributed by atoms with E-state index in [-0.39, 0.29) is 11.9 Å². The van der Waals surface area contributed by atoms with Crippen LogP contribution in [0.3, 0.4) is 0 Å². The zero-order valence-corrected chi connectivity index (χ0v) is 7.47. The fraction of sp³-hybridized carbons (Fsp3) is 0.400. The molecule has 12 heavy (non-hydrogen) atoms. The molecule has 0 bridgehead atoms. The van der Waals surface area contributed by atoms with E-state index in [1.165, 1.54) is 6.07 Å². The van der Waals surface area contributed by atoms with Crippen LogP contribution in [0.4, 0.5) is 4.39 Å². The Morgan fingerprint density at radius 3 is 2.67 bits per heavy atom. The first-order valence-corrected chi connectivity index (χ1v) is 4.16. The minimum atomic E-state index is -0.165. The summed E-state index contributed by atoms with van der Waals surface area (Å²) < 4.78 is 12.8. The van der Waals surface area contributed by atoms with Gasteiger partial charge in [0.25, 0.3) is 0 Å². The first-order valence-electron chi connectivity index (χ1n) is 4.16. The van der Waals surface area contributed by atoms with Gasteiger partial charge in [-0.1, -0.05) is 19.1 Å². The lowest BCUT2D eigenvalue weighted by Crippen LogP contribution is -2.08. The molecule has 1 atom stereocenters. The minimum absolute atomic E-state index is 0.0318. The highest BCUT2D eigenvalue weighted by Crippen LogP contribution is 2.16. The standard InChI is InChI=1S/C10H14FN/c1-3-10(12)8-4-5-9(11)7(2)6-8/h4-6,10H,3,12H2,1-2H3/t10-/m1/s1. The van der Waals surface area contributed by atoms with E-state index in [9.17, 15) is 4.39 Å². The second-order valence-electron chi connectivity index (χ2n) is 3.02. The van der Waals surface area contributed by atoms with Crippen molar-refractivity contribution in [2.75, 3.05) is 0 Å². The zero-order chi connectivity index (χ0) is 9.14. The molecule has 0 amide bonds. The van der Waals surface area contributed by atoms with Crippen molar-refractivity contribution in [1.29, 1.82) is 0 Å². The van der Waals surface area contributed by atoms with Crippen molar-refractivity contribution in [2.45, 2.75) is 26.3 Å². The minimum Gasteiger partial charge on any atom is -0.324 e. The third-order valence-electron chi connectivity index (χ3n) is 2.05. The van der Waals surface area contributed by atoms with Crippen LogP contribution in [0, 0.1) is 12.7 Å². The maximum atomic E-state index is 12.8. The average molecular weight is 167 g/mol. The Hall–Kier alpha value is -0.890. The predicted octanol–water partition coefficient (Wildman–Crippen LogP) is 2.54. The molecule has 1 aromatic carbocycles. The lowest BCUT2D eigenvalue weighted by molar-refractivity contribution is 0.614. The molecule has 0 aliphatic heterocycles. The van der Waals surface area contributed by atoms with E-state index in [2.05, 4.69) is 0 Å². The summed E-state index contributed by atoms with van der Waals surface area (Å²) in [7, 11) is 0. The van der Waals surface area contributed by atoms with Gasteiger partial charge in [0.05, 0.1) is 0 Å². The first-order chi connectivity index (χ1) is 5.65. The largest absolute Gasteiger partial charge is 0.324 e. The summed E-state index contributed by atoms with van der Waals surface area (Å²) in [5, 5.41) is 0. The maximum Gasteiger partial charge on any atom is 0.126 e. The van der Waals surface area contributed by atoms with Gasteiger partial charge in [0.1, 0.15) is 5.82 Å². The summed E-state index contributed by atoms with van der Waals surface area (Å²) in [5.41, 5.74) is 7.46. The van der Waals surface area contributed by atoms with Crippen LogP contribution in [0.1, 0.15) is 30.5 Å². The summed E-state index contributed by atoms with van der Waals surface area (Å²) in [6, 6.07) is 5.06. The molecule has 0 aliphatic carbocycles. The molecule has 66 valence electrons. The Bertz CT molecular complexity index is 271. The Balaban J connectivity index is 2.96. The van der Waals surface area contributed by atoms with Gasteiger partial charge in [-0.25, -0.2) is 4.39 Å². The van der Waals surface area contributed by atoms with Crippen LogP contribution in [-0.4, -0.2) is 0 Å². The second kappa shape index (κ2) is 3.68. The molecular formula is C10H14FN. The second-order valence-corrected chi connectivity index (χ2v) is 3.02. The molecule has 1 aromatic rings. The number of nitrogens with two attached hydrogens (primary N) is 1. The Morgan fingerprint density at radius 2 is 2.17 bits per heavy atom. The van der Waals surface area contributed by atoms with Gasteiger partial charge >= 0.3 is 0 Å². The van der Waals surface area contributed by atoms with Crippen LogP contribution in [0.15, 0.2) is 18.2 Å². The maximum absolute atomic E-state index is 12.8. The molecular weight excluding hydrogens is 153 g/mol. The number of hydrogen-bond donors (Lipinski definition) is 1. The highest BCUT2D eigenvalue weighted by Gasteiger charge is 2.04. The van der Waals surface area contributed by atoms with Gasteiger partial charge in [0.2, 0.25) is 0 Å². The highest BCUT2D eigenvalue weighted by atomic mass is 19.1. The lowest BCUT2D eigenvalue weighted by Gasteiger charge is -2.09. The summed E-state index contributed by atoms with van der Waals surface area (Å²) in [6.07, 6.45) is 0.880. The summed E-state index contributed by atoms with van der Waals surface area (Å²) in [5.74, 6) is -0.165. The van der Waals surface area contributed by atoms with Crippen molar-refractivity contribution in [3.63, 3.8) is 0 Å². The molecule has 0 radical (unpaired) electrons. The van der Waals surface area contributed by atoms with Crippen LogP contribution < -0.4 is 5.73 Å². The van der Waals surface area contributed by atoms with Gasteiger partial charge in [-0.05, 0) is 30.5 Å². The first kappa shape index (κ1) is 9.20.